The Morgan fingerprint density at radius 2 is 1.08 bits per heavy atom. The molecule has 0 unspecified atom stereocenters. The highest BCUT2D eigenvalue weighted by Gasteiger charge is 2.18. The van der Waals surface area contributed by atoms with Crippen molar-refractivity contribution in [2.45, 2.75) is 0 Å². The molecule has 0 bridgehead atoms. The summed E-state index contributed by atoms with van der Waals surface area (Å²) in [5, 5.41) is 6.89. The van der Waals surface area contributed by atoms with Gasteiger partial charge < -0.3 is 4.42 Å². The fraction of sp³-hybridized carbons (Fsp3) is 0. The molecular weight excluding hydrogens is 647 g/mol. The number of nitrogens with zero attached hydrogens (tertiary/aromatic N) is 5. The fourth-order valence-corrected chi connectivity index (χ4v) is 8.46. The number of fused-ring (bicyclic) bond motifs is 9. The molecule has 11 rings (SSSR count). The summed E-state index contributed by atoms with van der Waals surface area (Å²) in [7, 11) is 0. The Labute approximate surface area is 294 Å². The number of hydrogen-bond donors (Lipinski definition) is 0. The SMILES string of the molecule is c1ccc(-c2nc(-c3ccc4c(c3)oc3cc(-n5c6ccccc6c6cccnc65)ccc34)nc(-c3ccc4c(c3)sc3ccccc34)n2)cc1. The summed E-state index contributed by atoms with van der Waals surface area (Å²) in [4.78, 5) is 19.8. The molecule has 6 aromatic carbocycles. The topological polar surface area (TPSA) is 69.6 Å². The molecule has 0 fully saturated rings. The van der Waals surface area contributed by atoms with E-state index in [9.17, 15) is 0 Å². The lowest BCUT2D eigenvalue weighted by molar-refractivity contribution is 0.668. The lowest BCUT2D eigenvalue weighted by Gasteiger charge is -2.08. The van der Waals surface area contributed by atoms with Gasteiger partial charge in [0.05, 0.1) is 11.2 Å². The fourth-order valence-electron chi connectivity index (χ4n) is 7.32. The van der Waals surface area contributed by atoms with Crippen molar-refractivity contribution in [2.75, 3.05) is 0 Å². The molecule has 0 saturated heterocycles. The van der Waals surface area contributed by atoms with Crippen LogP contribution in [0.25, 0.3) is 104 Å². The van der Waals surface area contributed by atoms with Crippen molar-refractivity contribution in [3.05, 3.63) is 152 Å². The van der Waals surface area contributed by atoms with E-state index in [1.54, 1.807) is 11.3 Å². The average Bonchev–Trinajstić information content (AvgIpc) is 3.86. The molecule has 0 aliphatic heterocycles. The van der Waals surface area contributed by atoms with Gasteiger partial charge in [-0.3, -0.25) is 4.57 Å². The van der Waals surface area contributed by atoms with Crippen molar-refractivity contribution in [3.8, 4) is 39.9 Å². The van der Waals surface area contributed by atoms with Crippen LogP contribution in [-0.2, 0) is 0 Å². The summed E-state index contributed by atoms with van der Waals surface area (Å²) < 4.78 is 11.3. The van der Waals surface area contributed by atoms with E-state index in [0.29, 0.717) is 17.5 Å². The third-order valence-electron chi connectivity index (χ3n) is 9.71. The Morgan fingerprint density at radius 3 is 1.92 bits per heavy atom. The molecule has 6 nitrogen and oxygen atoms in total. The highest BCUT2D eigenvalue weighted by atomic mass is 32.1. The van der Waals surface area contributed by atoms with Gasteiger partial charge in [-0.25, -0.2) is 19.9 Å². The summed E-state index contributed by atoms with van der Waals surface area (Å²) in [5.74, 6) is 1.85. The lowest BCUT2D eigenvalue weighted by atomic mass is 10.1. The van der Waals surface area contributed by atoms with Crippen LogP contribution in [0.3, 0.4) is 0 Å². The maximum atomic E-state index is 6.58. The molecule has 0 amide bonds. The van der Waals surface area contributed by atoms with Crippen molar-refractivity contribution in [1.29, 1.82) is 0 Å². The summed E-state index contributed by atoms with van der Waals surface area (Å²) in [6.07, 6.45) is 1.84. The second-order valence-corrected chi connectivity index (χ2v) is 13.8. The molecule has 5 heterocycles. The monoisotopic (exact) mass is 671 g/mol. The number of pyridine rings is 1. The summed E-state index contributed by atoms with van der Waals surface area (Å²) in [5.41, 5.74) is 7.34. The summed E-state index contributed by atoms with van der Waals surface area (Å²) in [6.45, 7) is 0. The van der Waals surface area contributed by atoms with E-state index in [-0.39, 0.29) is 0 Å². The average molecular weight is 672 g/mol. The van der Waals surface area contributed by atoms with Crippen molar-refractivity contribution in [3.63, 3.8) is 0 Å². The predicted octanol–water partition coefficient (Wildman–Crippen LogP) is 11.6. The Bertz CT molecular complexity index is 3100. The number of furan rings is 1. The van der Waals surface area contributed by atoms with Gasteiger partial charge in [-0.1, -0.05) is 84.9 Å². The Balaban J connectivity index is 1.05. The standard InChI is InChI=1S/C44H25N5OS/c1-2-9-26(10-3-1)41-46-42(48-43(47-41)28-17-20-34-33-12-5-7-15-39(33)51-40(34)24-28)27-16-19-31-32-21-18-29(25-38(32)50-37(31)23-27)49-36-14-6-4-11-30(36)35-13-8-22-45-44(35)49/h1-25H. The number of aromatic nitrogens is 5. The van der Waals surface area contributed by atoms with E-state index in [1.807, 2.05) is 48.7 Å². The van der Waals surface area contributed by atoms with Crippen LogP contribution < -0.4 is 0 Å². The Kier molecular flexibility index (Phi) is 6.02. The molecule has 0 aliphatic carbocycles. The van der Waals surface area contributed by atoms with E-state index >= 15 is 0 Å². The van der Waals surface area contributed by atoms with Gasteiger partial charge in [0.15, 0.2) is 17.5 Å². The van der Waals surface area contributed by atoms with Gasteiger partial charge in [0, 0.05) is 70.7 Å². The maximum Gasteiger partial charge on any atom is 0.164 e. The molecule has 0 atom stereocenters. The third kappa shape index (κ3) is 4.42. The smallest absolute Gasteiger partial charge is 0.164 e. The van der Waals surface area contributed by atoms with Gasteiger partial charge in [0.2, 0.25) is 0 Å². The zero-order valence-corrected chi connectivity index (χ0v) is 27.8. The molecular formula is C44H25N5OS. The van der Waals surface area contributed by atoms with E-state index in [1.165, 1.54) is 25.6 Å². The highest BCUT2D eigenvalue weighted by molar-refractivity contribution is 7.25. The highest BCUT2D eigenvalue weighted by Crippen LogP contribution is 2.38. The first-order valence-corrected chi connectivity index (χ1v) is 17.6. The zero-order valence-electron chi connectivity index (χ0n) is 27.0. The molecule has 51 heavy (non-hydrogen) atoms. The van der Waals surface area contributed by atoms with Crippen LogP contribution in [0.4, 0.5) is 0 Å². The predicted molar refractivity (Wildman–Crippen MR) is 208 cm³/mol. The van der Waals surface area contributed by atoms with Crippen molar-refractivity contribution < 1.29 is 4.42 Å². The van der Waals surface area contributed by atoms with Crippen molar-refractivity contribution in [2.24, 2.45) is 0 Å². The first kappa shape index (κ1) is 28.2. The van der Waals surface area contributed by atoms with Crippen molar-refractivity contribution >= 4 is 75.4 Å². The molecule has 0 aliphatic rings. The summed E-state index contributed by atoms with van der Waals surface area (Å²) >= 11 is 1.79. The molecule has 0 radical (unpaired) electrons. The number of thiophene rings is 1. The quantitative estimate of drug-likeness (QED) is 0.186. The van der Waals surface area contributed by atoms with Crippen molar-refractivity contribution in [1.82, 2.24) is 24.5 Å². The van der Waals surface area contributed by atoms with Crippen LogP contribution in [-0.4, -0.2) is 24.5 Å². The van der Waals surface area contributed by atoms with Gasteiger partial charge in [0.1, 0.15) is 16.8 Å². The van der Waals surface area contributed by atoms with Gasteiger partial charge in [-0.2, -0.15) is 0 Å². The van der Waals surface area contributed by atoms with Gasteiger partial charge >= 0.3 is 0 Å². The minimum Gasteiger partial charge on any atom is -0.456 e. The van der Waals surface area contributed by atoms with E-state index in [2.05, 4.69) is 108 Å². The van der Waals surface area contributed by atoms with Gasteiger partial charge in [-0.05, 0) is 54.6 Å². The first-order valence-electron chi connectivity index (χ1n) is 16.8. The normalized spacial score (nSPS) is 11.9. The molecule has 0 saturated carbocycles. The van der Waals surface area contributed by atoms with Gasteiger partial charge in [0.25, 0.3) is 0 Å². The lowest BCUT2D eigenvalue weighted by Crippen LogP contribution is -2.00. The second-order valence-electron chi connectivity index (χ2n) is 12.7. The second kappa shape index (κ2) is 10.9. The van der Waals surface area contributed by atoms with Crippen LogP contribution in [0.2, 0.25) is 0 Å². The van der Waals surface area contributed by atoms with E-state index in [4.69, 9.17) is 24.4 Å². The Morgan fingerprint density at radius 1 is 0.451 bits per heavy atom. The van der Waals surface area contributed by atoms with Crippen LogP contribution in [0, 0.1) is 0 Å². The Hall–Kier alpha value is -6.70. The molecule has 0 spiro atoms. The zero-order chi connectivity index (χ0) is 33.5. The summed E-state index contributed by atoms with van der Waals surface area (Å²) in [6, 6.07) is 50.2. The van der Waals surface area contributed by atoms with Crippen LogP contribution in [0.1, 0.15) is 0 Å². The maximum absolute atomic E-state index is 6.58. The number of rotatable bonds is 4. The van der Waals surface area contributed by atoms with E-state index in [0.717, 1.165) is 60.9 Å². The third-order valence-corrected chi connectivity index (χ3v) is 10.8. The molecule has 7 heteroatoms. The molecule has 11 aromatic rings. The molecule has 0 N–H and O–H groups in total. The van der Waals surface area contributed by atoms with Crippen LogP contribution in [0.15, 0.2) is 156 Å². The minimum atomic E-state index is 0.592. The van der Waals surface area contributed by atoms with E-state index < -0.39 is 0 Å². The number of para-hydroxylation sites is 1. The van der Waals surface area contributed by atoms with Crippen LogP contribution in [0.5, 0.6) is 0 Å². The number of hydrogen-bond acceptors (Lipinski definition) is 6. The molecule has 238 valence electrons. The first-order chi connectivity index (χ1) is 25.2. The van der Waals surface area contributed by atoms with Crippen LogP contribution >= 0.6 is 11.3 Å². The largest absolute Gasteiger partial charge is 0.456 e. The minimum absolute atomic E-state index is 0.592. The number of benzene rings is 6. The molecule has 5 aromatic heterocycles. The van der Waals surface area contributed by atoms with Gasteiger partial charge in [-0.15, -0.1) is 11.3 Å².